The van der Waals surface area contributed by atoms with Gasteiger partial charge in [-0.05, 0) is 23.3 Å². The van der Waals surface area contributed by atoms with Gasteiger partial charge in [-0.2, -0.15) is 0 Å². The van der Waals surface area contributed by atoms with Crippen LogP contribution < -0.4 is 16.4 Å². The molecule has 2 atom stereocenters. The SMILES string of the molecule is NC(=O)[C@@H](Cc1cccc(Br)c1)NC(=O)[C@H](CO)NC(=O)OCc1ccccc1. The predicted molar refractivity (Wildman–Crippen MR) is 110 cm³/mol. The van der Waals surface area contributed by atoms with E-state index in [1.54, 1.807) is 42.5 Å². The summed E-state index contributed by atoms with van der Waals surface area (Å²) in [5.74, 6) is -1.48. The summed E-state index contributed by atoms with van der Waals surface area (Å²) in [6, 6.07) is 13.9. The van der Waals surface area contributed by atoms with Crippen LogP contribution in [0.2, 0.25) is 0 Å². The number of carbonyl (C=O) groups excluding carboxylic acids is 3. The highest BCUT2D eigenvalue weighted by Crippen LogP contribution is 2.13. The van der Waals surface area contributed by atoms with Crippen LogP contribution in [-0.2, 0) is 27.4 Å². The van der Waals surface area contributed by atoms with E-state index in [1.807, 2.05) is 12.1 Å². The average Bonchev–Trinajstić information content (AvgIpc) is 2.70. The fourth-order valence-electron chi connectivity index (χ4n) is 2.50. The molecular formula is C20H22BrN3O5. The molecule has 2 rings (SSSR count). The van der Waals surface area contributed by atoms with Crippen molar-refractivity contribution in [3.63, 3.8) is 0 Å². The highest BCUT2D eigenvalue weighted by atomic mass is 79.9. The summed E-state index contributed by atoms with van der Waals surface area (Å²) in [7, 11) is 0. The molecule has 0 bridgehead atoms. The lowest BCUT2D eigenvalue weighted by molar-refractivity contribution is -0.129. The molecule has 8 nitrogen and oxygen atoms in total. The van der Waals surface area contributed by atoms with Gasteiger partial charge in [-0.25, -0.2) is 4.79 Å². The van der Waals surface area contributed by atoms with E-state index >= 15 is 0 Å². The van der Waals surface area contributed by atoms with E-state index in [2.05, 4.69) is 26.6 Å². The van der Waals surface area contributed by atoms with Gasteiger partial charge in [0.2, 0.25) is 11.8 Å². The Bertz CT molecular complexity index is 847. The van der Waals surface area contributed by atoms with E-state index in [0.29, 0.717) is 0 Å². The Hall–Kier alpha value is -2.91. The van der Waals surface area contributed by atoms with Gasteiger partial charge in [0.25, 0.3) is 0 Å². The van der Waals surface area contributed by atoms with E-state index in [0.717, 1.165) is 15.6 Å². The molecule has 0 unspecified atom stereocenters. The first-order chi connectivity index (χ1) is 13.9. The minimum absolute atomic E-state index is 0.0131. The highest BCUT2D eigenvalue weighted by Gasteiger charge is 2.26. The van der Waals surface area contributed by atoms with Crippen LogP contribution in [0.1, 0.15) is 11.1 Å². The number of aliphatic hydroxyl groups is 1. The van der Waals surface area contributed by atoms with Crippen molar-refractivity contribution in [2.24, 2.45) is 5.73 Å². The minimum Gasteiger partial charge on any atom is -0.445 e. The van der Waals surface area contributed by atoms with Gasteiger partial charge >= 0.3 is 6.09 Å². The van der Waals surface area contributed by atoms with E-state index < -0.39 is 36.6 Å². The summed E-state index contributed by atoms with van der Waals surface area (Å²) in [5, 5.41) is 14.2. The van der Waals surface area contributed by atoms with Gasteiger partial charge in [-0.15, -0.1) is 0 Å². The van der Waals surface area contributed by atoms with E-state index in [9.17, 15) is 19.5 Å². The maximum atomic E-state index is 12.4. The third-order valence-corrected chi connectivity index (χ3v) is 4.49. The fraction of sp³-hybridized carbons (Fsp3) is 0.250. The first-order valence-corrected chi connectivity index (χ1v) is 9.60. The topological polar surface area (TPSA) is 131 Å². The van der Waals surface area contributed by atoms with Crippen LogP contribution in [0.3, 0.4) is 0 Å². The van der Waals surface area contributed by atoms with E-state index in [-0.39, 0.29) is 13.0 Å². The van der Waals surface area contributed by atoms with Crippen molar-refractivity contribution < 1.29 is 24.2 Å². The molecule has 154 valence electrons. The Balaban J connectivity index is 1.92. The molecular weight excluding hydrogens is 442 g/mol. The van der Waals surface area contributed by atoms with Crippen LogP contribution in [0.4, 0.5) is 4.79 Å². The monoisotopic (exact) mass is 463 g/mol. The molecule has 2 aromatic rings. The minimum atomic E-state index is -1.29. The largest absolute Gasteiger partial charge is 0.445 e. The van der Waals surface area contributed by atoms with Crippen molar-refractivity contribution in [3.8, 4) is 0 Å². The van der Waals surface area contributed by atoms with Crippen LogP contribution in [0.15, 0.2) is 59.1 Å². The summed E-state index contributed by atoms with van der Waals surface area (Å²) in [6.45, 7) is -0.659. The molecule has 0 heterocycles. The van der Waals surface area contributed by atoms with Crippen molar-refractivity contribution in [1.82, 2.24) is 10.6 Å². The lowest BCUT2D eigenvalue weighted by atomic mass is 10.1. The molecule has 0 spiro atoms. The molecule has 3 amide bonds. The molecule has 0 saturated heterocycles. The number of hydrogen-bond acceptors (Lipinski definition) is 5. The molecule has 0 fully saturated rings. The number of rotatable bonds is 9. The lowest BCUT2D eigenvalue weighted by Gasteiger charge is -2.20. The Labute approximate surface area is 176 Å². The number of amides is 3. The summed E-state index contributed by atoms with van der Waals surface area (Å²) >= 11 is 3.34. The smallest absolute Gasteiger partial charge is 0.408 e. The number of alkyl carbamates (subject to hydrolysis) is 1. The van der Waals surface area contributed by atoms with Gasteiger partial charge in [0, 0.05) is 10.9 Å². The Morgan fingerprint density at radius 3 is 2.31 bits per heavy atom. The number of nitrogens with one attached hydrogen (secondary N) is 2. The highest BCUT2D eigenvalue weighted by molar-refractivity contribution is 9.10. The van der Waals surface area contributed by atoms with Crippen molar-refractivity contribution >= 4 is 33.8 Å². The Morgan fingerprint density at radius 2 is 1.69 bits per heavy atom. The Kier molecular flexibility index (Phi) is 8.63. The molecule has 0 aromatic heterocycles. The van der Waals surface area contributed by atoms with Crippen LogP contribution >= 0.6 is 15.9 Å². The van der Waals surface area contributed by atoms with Crippen LogP contribution in [0.5, 0.6) is 0 Å². The number of benzene rings is 2. The standard InChI is InChI=1S/C20H22BrN3O5/c21-15-8-4-7-14(9-15)10-16(18(22)26)23-19(27)17(11-25)24-20(28)29-12-13-5-2-1-3-6-13/h1-9,16-17,25H,10-12H2,(H2,22,26)(H,23,27)(H,24,28)/t16-,17+/m1/s1. The van der Waals surface area contributed by atoms with Gasteiger partial charge in [-0.1, -0.05) is 58.4 Å². The van der Waals surface area contributed by atoms with Crippen LogP contribution in [0.25, 0.3) is 0 Å². The zero-order valence-electron chi connectivity index (χ0n) is 15.5. The average molecular weight is 464 g/mol. The molecule has 0 aliphatic carbocycles. The first kappa shape index (κ1) is 22.4. The number of hydrogen-bond donors (Lipinski definition) is 4. The number of ether oxygens (including phenoxy) is 1. The normalized spacial score (nSPS) is 12.5. The second-order valence-corrected chi connectivity index (χ2v) is 7.15. The molecule has 5 N–H and O–H groups in total. The summed E-state index contributed by atoms with van der Waals surface area (Å²) < 4.78 is 5.85. The number of carbonyl (C=O) groups is 3. The maximum absolute atomic E-state index is 12.4. The van der Waals surface area contributed by atoms with Crippen molar-refractivity contribution in [1.29, 1.82) is 0 Å². The molecule has 9 heteroatoms. The van der Waals surface area contributed by atoms with Gasteiger partial charge < -0.3 is 26.2 Å². The molecule has 0 saturated carbocycles. The second-order valence-electron chi connectivity index (χ2n) is 6.24. The number of primary amides is 1. The first-order valence-electron chi connectivity index (χ1n) is 8.81. The van der Waals surface area contributed by atoms with E-state index in [4.69, 9.17) is 10.5 Å². The third-order valence-electron chi connectivity index (χ3n) is 3.99. The number of halogens is 1. The second kappa shape index (κ2) is 11.2. The van der Waals surface area contributed by atoms with Gasteiger partial charge in [0.1, 0.15) is 18.7 Å². The van der Waals surface area contributed by atoms with Gasteiger partial charge in [0.05, 0.1) is 6.61 Å². The molecule has 0 aliphatic heterocycles. The number of aliphatic hydroxyl groups excluding tert-OH is 1. The summed E-state index contributed by atoms with van der Waals surface area (Å²) in [6.07, 6.45) is -0.706. The van der Waals surface area contributed by atoms with Crippen LogP contribution in [0, 0.1) is 0 Å². The van der Waals surface area contributed by atoms with Crippen molar-refractivity contribution in [3.05, 3.63) is 70.2 Å². The van der Waals surface area contributed by atoms with Crippen molar-refractivity contribution in [2.75, 3.05) is 6.61 Å². The maximum Gasteiger partial charge on any atom is 0.408 e. The summed E-state index contributed by atoms with van der Waals surface area (Å²) in [5.41, 5.74) is 6.94. The molecule has 29 heavy (non-hydrogen) atoms. The van der Waals surface area contributed by atoms with Crippen LogP contribution in [-0.4, -0.2) is 41.7 Å². The lowest BCUT2D eigenvalue weighted by Crippen LogP contribution is -2.54. The molecule has 0 aliphatic rings. The molecule has 2 aromatic carbocycles. The fourth-order valence-corrected chi connectivity index (χ4v) is 2.94. The quantitative estimate of drug-likeness (QED) is 0.444. The zero-order valence-corrected chi connectivity index (χ0v) is 17.1. The molecule has 0 radical (unpaired) electrons. The van der Waals surface area contributed by atoms with Gasteiger partial charge in [0.15, 0.2) is 0 Å². The predicted octanol–water partition coefficient (Wildman–Crippen LogP) is 1.25. The van der Waals surface area contributed by atoms with E-state index in [1.165, 1.54) is 0 Å². The summed E-state index contributed by atoms with van der Waals surface area (Å²) in [4.78, 5) is 36.1. The zero-order chi connectivity index (χ0) is 21.2. The van der Waals surface area contributed by atoms with Crippen molar-refractivity contribution in [2.45, 2.75) is 25.1 Å². The Morgan fingerprint density at radius 1 is 1.00 bits per heavy atom. The van der Waals surface area contributed by atoms with Gasteiger partial charge in [-0.3, -0.25) is 9.59 Å². The number of nitrogens with two attached hydrogens (primary N) is 1. The third kappa shape index (κ3) is 7.55.